The van der Waals surface area contributed by atoms with Crippen molar-refractivity contribution < 1.29 is 44.1 Å². The Morgan fingerprint density at radius 3 is 1.89 bits per heavy atom. The Labute approximate surface area is 200 Å². The van der Waals surface area contributed by atoms with Crippen molar-refractivity contribution in [2.45, 2.75) is 50.2 Å². The molecule has 0 saturated carbocycles. The summed E-state index contributed by atoms with van der Waals surface area (Å²) in [5.74, 6) is -5.94. The second kappa shape index (κ2) is 14.1. The molecule has 4 amide bonds. The molecule has 3 atom stereocenters. The lowest BCUT2D eigenvalue weighted by atomic mass is 10.0. The summed E-state index contributed by atoms with van der Waals surface area (Å²) in [6.45, 7) is -0.758. The molecular weight excluding hydrogens is 466 g/mol. The summed E-state index contributed by atoms with van der Waals surface area (Å²) in [6, 6.07) is 2.07. The number of amides is 4. The summed E-state index contributed by atoms with van der Waals surface area (Å²) in [5, 5.41) is 33.7. The Hall–Kier alpha value is -4.20. The van der Waals surface area contributed by atoms with Gasteiger partial charge in [0.2, 0.25) is 23.6 Å². The van der Waals surface area contributed by atoms with Gasteiger partial charge in [-0.05, 0) is 37.0 Å². The normalized spacial score (nSPS) is 13.1. The third-order valence-electron chi connectivity index (χ3n) is 4.73. The number of carbonyl (C=O) groups is 6. The van der Waals surface area contributed by atoms with Crippen LogP contribution in [0.15, 0.2) is 24.3 Å². The van der Waals surface area contributed by atoms with Crippen LogP contribution in [0, 0.1) is 0 Å². The number of carbonyl (C=O) groups excluding carboxylic acids is 4. The van der Waals surface area contributed by atoms with E-state index in [1.165, 1.54) is 12.1 Å². The van der Waals surface area contributed by atoms with Gasteiger partial charge in [-0.25, -0.2) is 0 Å². The van der Waals surface area contributed by atoms with Gasteiger partial charge in [0.05, 0.1) is 6.04 Å². The van der Waals surface area contributed by atoms with Crippen molar-refractivity contribution in [2.24, 2.45) is 11.5 Å². The zero-order chi connectivity index (χ0) is 26.5. The number of aromatic hydroxyl groups is 1. The molecule has 35 heavy (non-hydrogen) atoms. The van der Waals surface area contributed by atoms with E-state index in [1.54, 1.807) is 12.1 Å². The van der Waals surface area contributed by atoms with Crippen molar-refractivity contribution >= 4 is 35.6 Å². The molecule has 0 saturated heterocycles. The molecule has 1 aromatic carbocycles. The first-order valence-corrected chi connectivity index (χ1v) is 10.5. The van der Waals surface area contributed by atoms with E-state index in [2.05, 4.69) is 10.6 Å². The number of hydrogen-bond acceptors (Lipinski definition) is 8. The largest absolute Gasteiger partial charge is 0.508 e. The van der Waals surface area contributed by atoms with Crippen LogP contribution in [0.3, 0.4) is 0 Å². The maximum atomic E-state index is 12.8. The SMILES string of the molecule is NC(=O)CCC(NC(=O)C(N)Cc1ccc(O)cc1)C(=O)NC(CCC(=O)O)C(=O)NCC(=O)O. The average Bonchev–Trinajstić information content (AvgIpc) is 2.78. The minimum Gasteiger partial charge on any atom is -0.508 e. The number of carboxylic acid groups (broad SMARTS) is 2. The summed E-state index contributed by atoms with van der Waals surface area (Å²) in [5.41, 5.74) is 11.7. The minimum absolute atomic E-state index is 0.0276. The quantitative estimate of drug-likeness (QED) is 0.128. The van der Waals surface area contributed by atoms with Crippen LogP contribution in [0.2, 0.25) is 0 Å². The molecule has 0 fully saturated rings. The smallest absolute Gasteiger partial charge is 0.322 e. The number of nitrogens with one attached hydrogen (secondary N) is 3. The standard InChI is InChI=1S/C21H29N5O9/c22-13(9-11-1-3-12(27)4-2-11)19(33)25-15(5-7-16(23)28)21(35)26-14(6-8-17(29)30)20(34)24-10-18(31)32/h1-4,13-15,27H,5-10,22H2,(H2,23,28)(H,24,34)(H,25,33)(H,26,35)(H,29,30)(H,31,32). The Morgan fingerprint density at radius 2 is 1.34 bits per heavy atom. The maximum absolute atomic E-state index is 12.8. The van der Waals surface area contributed by atoms with Crippen LogP contribution in [0.4, 0.5) is 0 Å². The number of rotatable bonds is 15. The number of phenolic OH excluding ortho intramolecular Hbond substituents is 1. The zero-order valence-corrected chi connectivity index (χ0v) is 18.7. The molecule has 14 nitrogen and oxygen atoms in total. The average molecular weight is 495 g/mol. The van der Waals surface area contributed by atoms with Crippen LogP contribution in [-0.4, -0.2) is 75.6 Å². The molecule has 0 heterocycles. The van der Waals surface area contributed by atoms with Gasteiger partial charge < -0.3 is 42.7 Å². The molecule has 0 aliphatic rings. The van der Waals surface area contributed by atoms with Crippen LogP contribution >= 0.6 is 0 Å². The van der Waals surface area contributed by atoms with Crippen molar-refractivity contribution in [2.75, 3.05) is 6.54 Å². The molecule has 3 unspecified atom stereocenters. The highest BCUT2D eigenvalue weighted by Crippen LogP contribution is 2.11. The van der Waals surface area contributed by atoms with Crippen LogP contribution in [0.25, 0.3) is 0 Å². The second-order valence-corrected chi connectivity index (χ2v) is 7.65. The number of carboxylic acids is 2. The van der Waals surface area contributed by atoms with Crippen molar-refractivity contribution in [1.82, 2.24) is 16.0 Å². The van der Waals surface area contributed by atoms with E-state index >= 15 is 0 Å². The number of aliphatic carboxylic acids is 2. The fraction of sp³-hybridized carbons (Fsp3) is 0.429. The molecule has 1 rings (SSSR count). The third-order valence-corrected chi connectivity index (χ3v) is 4.73. The van der Waals surface area contributed by atoms with Gasteiger partial charge in [0, 0.05) is 12.8 Å². The highest BCUT2D eigenvalue weighted by molar-refractivity contribution is 5.94. The summed E-state index contributed by atoms with van der Waals surface area (Å²) < 4.78 is 0. The number of hydrogen-bond donors (Lipinski definition) is 8. The molecule has 14 heteroatoms. The second-order valence-electron chi connectivity index (χ2n) is 7.65. The molecule has 0 spiro atoms. The van der Waals surface area contributed by atoms with Gasteiger partial charge in [-0.2, -0.15) is 0 Å². The number of benzene rings is 1. The number of nitrogens with two attached hydrogens (primary N) is 2. The van der Waals surface area contributed by atoms with E-state index in [1.807, 2.05) is 5.32 Å². The molecule has 0 aliphatic carbocycles. The van der Waals surface area contributed by atoms with Gasteiger partial charge in [0.1, 0.15) is 24.4 Å². The van der Waals surface area contributed by atoms with Crippen LogP contribution in [0.5, 0.6) is 5.75 Å². The Kier molecular flexibility index (Phi) is 11.7. The van der Waals surface area contributed by atoms with Gasteiger partial charge in [-0.3, -0.25) is 28.8 Å². The summed E-state index contributed by atoms with van der Waals surface area (Å²) in [6.07, 6.45) is -1.34. The van der Waals surface area contributed by atoms with Crippen LogP contribution in [-0.2, 0) is 35.2 Å². The van der Waals surface area contributed by atoms with Gasteiger partial charge in [0.15, 0.2) is 0 Å². The monoisotopic (exact) mass is 495 g/mol. The molecule has 0 bridgehead atoms. The van der Waals surface area contributed by atoms with E-state index in [9.17, 15) is 33.9 Å². The van der Waals surface area contributed by atoms with Gasteiger partial charge >= 0.3 is 11.9 Å². The third kappa shape index (κ3) is 11.5. The zero-order valence-electron chi connectivity index (χ0n) is 18.7. The highest BCUT2D eigenvalue weighted by atomic mass is 16.4. The Morgan fingerprint density at radius 1 is 0.800 bits per heavy atom. The Bertz CT molecular complexity index is 936. The van der Waals surface area contributed by atoms with E-state index in [0.29, 0.717) is 5.56 Å². The lowest BCUT2D eigenvalue weighted by molar-refractivity contribution is -0.140. The van der Waals surface area contributed by atoms with Crippen molar-refractivity contribution in [3.63, 3.8) is 0 Å². The number of phenols is 1. The van der Waals surface area contributed by atoms with E-state index in [-0.39, 0.29) is 31.4 Å². The molecule has 0 aromatic heterocycles. The van der Waals surface area contributed by atoms with Gasteiger partial charge in [-0.15, -0.1) is 0 Å². The van der Waals surface area contributed by atoms with Gasteiger partial charge in [-0.1, -0.05) is 12.1 Å². The first-order chi connectivity index (χ1) is 16.4. The molecular formula is C21H29N5O9. The lowest BCUT2D eigenvalue weighted by Crippen LogP contribution is -2.56. The summed E-state index contributed by atoms with van der Waals surface area (Å²) in [4.78, 5) is 70.5. The van der Waals surface area contributed by atoms with Crippen LogP contribution < -0.4 is 27.4 Å². The van der Waals surface area contributed by atoms with Crippen molar-refractivity contribution in [3.05, 3.63) is 29.8 Å². The summed E-state index contributed by atoms with van der Waals surface area (Å²) in [7, 11) is 0. The topological polar surface area (TPSA) is 251 Å². The predicted molar refractivity (Wildman–Crippen MR) is 120 cm³/mol. The molecule has 1 aromatic rings. The van der Waals surface area contributed by atoms with E-state index in [4.69, 9.17) is 21.7 Å². The lowest BCUT2D eigenvalue weighted by Gasteiger charge is -2.23. The fourth-order valence-corrected chi connectivity index (χ4v) is 2.91. The summed E-state index contributed by atoms with van der Waals surface area (Å²) >= 11 is 0. The predicted octanol–water partition coefficient (Wildman–Crippen LogP) is -2.44. The Balaban J connectivity index is 2.92. The molecule has 0 aliphatic heterocycles. The first-order valence-electron chi connectivity index (χ1n) is 10.5. The van der Waals surface area contributed by atoms with E-state index < -0.39 is 66.7 Å². The fourth-order valence-electron chi connectivity index (χ4n) is 2.91. The minimum atomic E-state index is -1.42. The van der Waals surface area contributed by atoms with Crippen LogP contribution in [0.1, 0.15) is 31.2 Å². The molecule has 0 radical (unpaired) electrons. The first kappa shape index (κ1) is 28.8. The number of primary amides is 1. The highest BCUT2D eigenvalue weighted by Gasteiger charge is 2.29. The maximum Gasteiger partial charge on any atom is 0.322 e. The van der Waals surface area contributed by atoms with Crippen molar-refractivity contribution in [3.8, 4) is 5.75 Å². The van der Waals surface area contributed by atoms with E-state index in [0.717, 1.165) is 0 Å². The molecule has 10 N–H and O–H groups in total. The van der Waals surface area contributed by atoms with Gasteiger partial charge in [0.25, 0.3) is 0 Å². The molecule has 192 valence electrons. The van der Waals surface area contributed by atoms with Crippen molar-refractivity contribution in [1.29, 1.82) is 0 Å².